The molecule has 22 heavy (non-hydrogen) atoms. The van der Waals surface area contributed by atoms with Crippen LogP contribution in [0.25, 0.3) is 0 Å². The Labute approximate surface area is 132 Å². The summed E-state index contributed by atoms with van der Waals surface area (Å²) in [6, 6.07) is 1.63. The van der Waals surface area contributed by atoms with E-state index in [-0.39, 0.29) is 17.7 Å². The van der Waals surface area contributed by atoms with Crippen LogP contribution in [0.15, 0.2) is 33.9 Å². The van der Waals surface area contributed by atoms with Crippen LogP contribution in [0.4, 0.5) is 0 Å². The van der Waals surface area contributed by atoms with E-state index in [1.54, 1.807) is 17.0 Å². The van der Waals surface area contributed by atoms with E-state index in [9.17, 15) is 9.59 Å². The molecule has 116 valence electrons. The number of rotatable bonds is 4. The molecule has 2 aromatic heterocycles. The van der Waals surface area contributed by atoms with Crippen LogP contribution < -0.4 is 5.32 Å². The Hall–Kier alpha value is -2.15. The van der Waals surface area contributed by atoms with Crippen molar-refractivity contribution in [3.63, 3.8) is 0 Å². The van der Waals surface area contributed by atoms with Crippen LogP contribution in [0, 0.1) is 5.92 Å². The van der Waals surface area contributed by atoms with E-state index in [0.717, 1.165) is 19.4 Å². The van der Waals surface area contributed by atoms with Gasteiger partial charge in [0.05, 0.1) is 17.3 Å². The summed E-state index contributed by atoms with van der Waals surface area (Å²) in [5, 5.41) is 4.67. The summed E-state index contributed by atoms with van der Waals surface area (Å²) < 4.78 is 4.90. The highest BCUT2D eigenvalue weighted by Crippen LogP contribution is 2.18. The monoisotopic (exact) mass is 319 g/mol. The number of piperidine rings is 1. The zero-order valence-electron chi connectivity index (χ0n) is 12.0. The van der Waals surface area contributed by atoms with Gasteiger partial charge >= 0.3 is 0 Å². The molecule has 0 aliphatic carbocycles. The minimum absolute atomic E-state index is 0.0212. The minimum atomic E-state index is -0.142. The summed E-state index contributed by atoms with van der Waals surface area (Å²) in [7, 11) is 0. The summed E-state index contributed by atoms with van der Waals surface area (Å²) in [6.07, 6.45) is 4.85. The first-order valence-electron chi connectivity index (χ1n) is 7.22. The number of carbonyl (C=O) groups excluding carboxylic acids is 2. The quantitative estimate of drug-likeness (QED) is 0.935. The van der Waals surface area contributed by atoms with Crippen molar-refractivity contribution in [3.05, 3.63) is 40.7 Å². The Morgan fingerprint density at radius 3 is 3.14 bits per heavy atom. The Bertz CT molecular complexity index is 625. The van der Waals surface area contributed by atoms with Crippen LogP contribution >= 0.6 is 11.3 Å². The molecule has 1 unspecified atom stereocenters. The van der Waals surface area contributed by atoms with Crippen molar-refractivity contribution in [2.45, 2.75) is 12.8 Å². The van der Waals surface area contributed by atoms with Crippen LogP contribution in [-0.2, 0) is 0 Å². The summed E-state index contributed by atoms with van der Waals surface area (Å²) in [5.74, 6) is 0.107. The van der Waals surface area contributed by atoms with Crippen molar-refractivity contribution in [1.82, 2.24) is 15.2 Å². The van der Waals surface area contributed by atoms with Gasteiger partial charge in [-0.25, -0.2) is 4.98 Å². The average molecular weight is 319 g/mol. The van der Waals surface area contributed by atoms with E-state index < -0.39 is 0 Å². The summed E-state index contributed by atoms with van der Waals surface area (Å²) in [4.78, 5) is 30.1. The molecule has 0 saturated carbocycles. The fourth-order valence-electron chi connectivity index (χ4n) is 2.63. The lowest BCUT2D eigenvalue weighted by Gasteiger charge is -2.32. The maximum Gasteiger partial charge on any atom is 0.273 e. The van der Waals surface area contributed by atoms with Gasteiger partial charge < -0.3 is 14.6 Å². The molecule has 1 N–H and O–H groups in total. The molecule has 7 heteroatoms. The minimum Gasteiger partial charge on any atom is -0.472 e. The Balaban J connectivity index is 1.52. The molecule has 1 aliphatic rings. The third-order valence-electron chi connectivity index (χ3n) is 3.79. The molecule has 0 spiro atoms. The number of thiazole rings is 1. The summed E-state index contributed by atoms with van der Waals surface area (Å²) in [5.41, 5.74) is 2.69. The molecule has 1 atom stereocenters. The lowest BCUT2D eigenvalue weighted by Crippen LogP contribution is -2.43. The van der Waals surface area contributed by atoms with Gasteiger partial charge in [-0.05, 0) is 24.8 Å². The number of nitrogens with zero attached hydrogens (tertiary/aromatic N) is 2. The third kappa shape index (κ3) is 3.36. The van der Waals surface area contributed by atoms with Crippen molar-refractivity contribution in [3.8, 4) is 0 Å². The van der Waals surface area contributed by atoms with Crippen LogP contribution in [-0.4, -0.2) is 41.3 Å². The molecule has 6 nitrogen and oxygen atoms in total. The van der Waals surface area contributed by atoms with E-state index >= 15 is 0 Å². The number of hydrogen-bond acceptors (Lipinski definition) is 5. The second-order valence-corrected chi connectivity index (χ2v) is 6.07. The highest BCUT2D eigenvalue weighted by molar-refractivity contribution is 7.07. The van der Waals surface area contributed by atoms with Crippen molar-refractivity contribution < 1.29 is 14.0 Å². The lowest BCUT2D eigenvalue weighted by atomic mass is 9.97. The molecule has 2 aromatic rings. The van der Waals surface area contributed by atoms with Crippen LogP contribution in [0.5, 0.6) is 0 Å². The maximum atomic E-state index is 12.3. The first kappa shape index (κ1) is 14.8. The average Bonchev–Trinajstić information content (AvgIpc) is 3.25. The second-order valence-electron chi connectivity index (χ2n) is 5.36. The molecule has 1 saturated heterocycles. The number of likely N-dealkylation sites (tertiary alicyclic amines) is 1. The predicted molar refractivity (Wildman–Crippen MR) is 81.8 cm³/mol. The van der Waals surface area contributed by atoms with Crippen molar-refractivity contribution in [2.24, 2.45) is 5.92 Å². The smallest absolute Gasteiger partial charge is 0.273 e. The lowest BCUT2D eigenvalue weighted by molar-refractivity contribution is 0.0666. The van der Waals surface area contributed by atoms with Gasteiger partial charge in [-0.3, -0.25) is 9.59 Å². The molecule has 2 amide bonds. The molecule has 1 fully saturated rings. The second kappa shape index (κ2) is 6.74. The van der Waals surface area contributed by atoms with E-state index in [1.807, 2.05) is 4.90 Å². The fourth-order valence-corrected chi connectivity index (χ4v) is 3.15. The molecular formula is C15H17N3O3S. The third-order valence-corrected chi connectivity index (χ3v) is 4.38. The number of aromatic nitrogens is 1. The standard InChI is InChI=1S/C15H17N3O3S/c19-14(12-3-5-21-8-12)16-6-11-2-1-4-18(7-11)15(20)13-9-22-10-17-13/h3,5,8-11H,1-2,4,6-7H2,(H,16,19). The van der Waals surface area contributed by atoms with Crippen LogP contribution in [0.3, 0.4) is 0 Å². The fraction of sp³-hybridized carbons (Fsp3) is 0.400. The van der Waals surface area contributed by atoms with E-state index in [0.29, 0.717) is 24.3 Å². The topological polar surface area (TPSA) is 75.4 Å². The van der Waals surface area contributed by atoms with Crippen molar-refractivity contribution >= 4 is 23.2 Å². The van der Waals surface area contributed by atoms with Crippen LogP contribution in [0.2, 0.25) is 0 Å². The van der Waals surface area contributed by atoms with Gasteiger partial charge in [0.1, 0.15) is 12.0 Å². The van der Waals surface area contributed by atoms with Crippen molar-refractivity contribution in [2.75, 3.05) is 19.6 Å². The normalized spacial score (nSPS) is 18.2. The molecule has 0 radical (unpaired) electrons. The highest BCUT2D eigenvalue weighted by Gasteiger charge is 2.25. The Morgan fingerprint density at radius 2 is 2.41 bits per heavy atom. The molecular weight excluding hydrogens is 302 g/mol. The zero-order valence-corrected chi connectivity index (χ0v) is 12.8. The summed E-state index contributed by atoms with van der Waals surface area (Å²) in [6.45, 7) is 1.97. The predicted octanol–water partition coefficient (Wildman–Crippen LogP) is 2.02. The molecule has 3 heterocycles. The van der Waals surface area contributed by atoms with Gasteiger partial charge in [-0.15, -0.1) is 11.3 Å². The molecule has 0 bridgehead atoms. The number of carbonyl (C=O) groups is 2. The molecule has 0 aromatic carbocycles. The first-order chi connectivity index (χ1) is 10.7. The molecule has 1 aliphatic heterocycles. The SMILES string of the molecule is O=C(NCC1CCCN(C(=O)c2cscn2)C1)c1ccoc1. The maximum absolute atomic E-state index is 12.3. The van der Waals surface area contributed by atoms with Gasteiger partial charge in [0.15, 0.2) is 0 Å². The number of furan rings is 1. The summed E-state index contributed by atoms with van der Waals surface area (Å²) >= 11 is 1.42. The number of hydrogen-bond donors (Lipinski definition) is 1. The number of amides is 2. The van der Waals surface area contributed by atoms with Gasteiger partial charge in [0, 0.05) is 25.0 Å². The highest BCUT2D eigenvalue weighted by atomic mass is 32.1. The van der Waals surface area contributed by atoms with Gasteiger partial charge in [0.2, 0.25) is 0 Å². The van der Waals surface area contributed by atoms with Gasteiger partial charge in [0.25, 0.3) is 11.8 Å². The van der Waals surface area contributed by atoms with Gasteiger partial charge in [-0.2, -0.15) is 0 Å². The van der Waals surface area contributed by atoms with E-state index in [1.165, 1.54) is 23.9 Å². The zero-order chi connectivity index (χ0) is 15.4. The largest absolute Gasteiger partial charge is 0.472 e. The first-order valence-corrected chi connectivity index (χ1v) is 8.16. The van der Waals surface area contributed by atoms with Gasteiger partial charge in [-0.1, -0.05) is 0 Å². The van der Waals surface area contributed by atoms with Crippen LogP contribution in [0.1, 0.15) is 33.7 Å². The number of nitrogens with one attached hydrogen (secondary N) is 1. The Kier molecular flexibility index (Phi) is 4.53. The molecule has 3 rings (SSSR count). The Morgan fingerprint density at radius 1 is 1.50 bits per heavy atom. The van der Waals surface area contributed by atoms with Crippen molar-refractivity contribution in [1.29, 1.82) is 0 Å². The van der Waals surface area contributed by atoms with E-state index in [2.05, 4.69) is 10.3 Å². The van der Waals surface area contributed by atoms with E-state index in [4.69, 9.17) is 4.42 Å².